The summed E-state index contributed by atoms with van der Waals surface area (Å²) in [7, 11) is 3.19. The van der Waals surface area contributed by atoms with Crippen LogP contribution in [0.4, 0.5) is 0 Å². The van der Waals surface area contributed by atoms with Crippen LogP contribution in [0, 0.1) is 6.92 Å². The van der Waals surface area contributed by atoms with Crippen LogP contribution in [0.25, 0.3) is 10.8 Å². The van der Waals surface area contributed by atoms with E-state index in [1.54, 1.807) is 26.6 Å². The molecule has 0 saturated heterocycles. The molecule has 0 aliphatic carbocycles. The van der Waals surface area contributed by atoms with Crippen LogP contribution in [-0.2, 0) is 6.42 Å². The quantitative estimate of drug-likeness (QED) is 0.731. The van der Waals surface area contributed by atoms with Crippen molar-refractivity contribution in [3.05, 3.63) is 51.9 Å². The minimum absolute atomic E-state index is 0.0206. The zero-order chi connectivity index (χ0) is 17.3. The summed E-state index contributed by atoms with van der Waals surface area (Å²) in [6, 6.07) is 5.74. The molecule has 5 nitrogen and oxygen atoms in total. The van der Waals surface area contributed by atoms with E-state index in [2.05, 4.69) is 25.9 Å². The number of methoxy groups -OCH3 is 2. The fraction of sp³-hybridized carbons (Fsp3) is 0.222. The number of aromatic hydroxyl groups is 1. The van der Waals surface area contributed by atoms with Crippen molar-refractivity contribution in [3.8, 4) is 17.4 Å². The van der Waals surface area contributed by atoms with Crippen LogP contribution in [-0.4, -0.2) is 29.3 Å². The topological polar surface area (TPSA) is 64.5 Å². The molecule has 1 aromatic carbocycles. The Bertz CT molecular complexity index is 912. The van der Waals surface area contributed by atoms with Gasteiger partial charge < -0.3 is 14.6 Å². The molecule has 0 aliphatic heterocycles. The zero-order valence-corrected chi connectivity index (χ0v) is 15.2. The van der Waals surface area contributed by atoms with Gasteiger partial charge in [0.05, 0.1) is 14.2 Å². The Labute approximate surface area is 148 Å². The second kappa shape index (κ2) is 6.65. The van der Waals surface area contributed by atoms with E-state index in [1.165, 1.54) is 0 Å². The van der Waals surface area contributed by atoms with E-state index >= 15 is 0 Å². The van der Waals surface area contributed by atoms with E-state index in [0.717, 1.165) is 32.1 Å². The first-order valence-corrected chi connectivity index (χ1v) is 8.16. The maximum atomic E-state index is 10.4. The standard InChI is InChI=1S/C18H17BrN2O3/c1-10-13-6-16(23-2)17(24-3)7-14(13)15(18(22)21-10)5-11-4-12(19)9-20-8-11/h4,6-9H,5H2,1-3H3,(H,21,22). The first-order valence-electron chi connectivity index (χ1n) is 7.37. The summed E-state index contributed by atoms with van der Waals surface area (Å²) in [6.45, 7) is 1.86. The average molecular weight is 389 g/mol. The van der Waals surface area contributed by atoms with Gasteiger partial charge in [-0.1, -0.05) is 0 Å². The lowest BCUT2D eigenvalue weighted by Crippen LogP contribution is -1.98. The largest absolute Gasteiger partial charge is 0.493 e. The van der Waals surface area contributed by atoms with Crippen LogP contribution in [0.15, 0.2) is 35.1 Å². The van der Waals surface area contributed by atoms with Gasteiger partial charge in [-0.05, 0) is 52.0 Å². The maximum Gasteiger partial charge on any atom is 0.215 e. The number of ether oxygens (including phenoxy) is 2. The number of pyridine rings is 2. The summed E-state index contributed by atoms with van der Waals surface area (Å²) < 4.78 is 11.7. The Balaban J connectivity index is 2.22. The minimum atomic E-state index is 0.0206. The number of aryl methyl sites for hydroxylation is 1. The molecule has 3 aromatic rings. The highest BCUT2D eigenvalue weighted by Crippen LogP contribution is 2.37. The van der Waals surface area contributed by atoms with Crippen LogP contribution < -0.4 is 9.47 Å². The summed E-state index contributed by atoms with van der Waals surface area (Å²) in [4.78, 5) is 8.45. The normalized spacial score (nSPS) is 10.8. The van der Waals surface area contributed by atoms with E-state index < -0.39 is 0 Å². The zero-order valence-electron chi connectivity index (χ0n) is 13.6. The van der Waals surface area contributed by atoms with E-state index in [-0.39, 0.29) is 5.88 Å². The molecule has 0 radical (unpaired) electrons. The fourth-order valence-corrected chi connectivity index (χ4v) is 3.18. The van der Waals surface area contributed by atoms with Crippen molar-refractivity contribution in [1.82, 2.24) is 9.97 Å². The van der Waals surface area contributed by atoms with Crippen LogP contribution in [0.2, 0.25) is 0 Å². The van der Waals surface area contributed by atoms with Crippen LogP contribution >= 0.6 is 15.9 Å². The summed E-state index contributed by atoms with van der Waals surface area (Å²) in [5.41, 5.74) is 2.44. The molecule has 6 heteroatoms. The molecule has 0 aliphatic rings. The molecule has 0 bridgehead atoms. The molecular formula is C18H17BrN2O3. The van der Waals surface area contributed by atoms with Gasteiger partial charge in [0.25, 0.3) is 0 Å². The predicted octanol–water partition coefficient (Wildman–Crippen LogP) is 4.01. The van der Waals surface area contributed by atoms with Crippen molar-refractivity contribution in [2.45, 2.75) is 13.3 Å². The molecule has 0 amide bonds. The molecule has 1 N–H and O–H groups in total. The van der Waals surface area contributed by atoms with E-state index in [9.17, 15) is 5.11 Å². The predicted molar refractivity (Wildman–Crippen MR) is 96.0 cm³/mol. The van der Waals surface area contributed by atoms with Gasteiger partial charge in [0.15, 0.2) is 11.5 Å². The summed E-state index contributed by atoms with van der Waals surface area (Å²) in [6.07, 6.45) is 4.01. The van der Waals surface area contributed by atoms with Crippen molar-refractivity contribution in [2.75, 3.05) is 14.2 Å². The van der Waals surface area contributed by atoms with Gasteiger partial charge >= 0.3 is 0 Å². The number of halogens is 1. The molecule has 0 saturated carbocycles. The van der Waals surface area contributed by atoms with Crippen molar-refractivity contribution in [1.29, 1.82) is 0 Å². The molecular weight excluding hydrogens is 372 g/mol. The molecule has 3 rings (SSSR count). The molecule has 0 atom stereocenters. The maximum absolute atomic E-state index is 10.4. The Morgan fingerprint density at radius 1 is 1.04 bits per heavy atom. The highest BCUT2D eigenvalue weighted by atomic mass is 79.9. The first kappa shape index (κ1) is 16.5. The monoisotopic (exact) mass is 388 g/mol. The van der Waals surface area contributed by atoms with Crippen LogP contribution in [0.3, 0.4) is 0 Å². The average Bonchev–Trinajstić information content (AvgIpc) is 2.57. The van der Waals surface area contributed by atoms with Crippen molar-refractivity contribution in [3.63, 3.8) is 0 Å². The Morgan fingerprint density at radius 3 is 2.33 bits per heavy atom. The minimum Gasteiger partial charge on any atom is -0.493 e. The number of rotatable bonds is 4. The number of hydrogen-bond donors (Lipinski definition) is 1. The van der Waals surface area contributed by atoms with Gasteiger partial charge in [-0.25, -0.2) is 4.98 Å². The van der Waals surface area contributed by atoms with Crippen molar-refractivity contribution >= 4 is 26.7 Å². The number of nitrogens with zero attached hydrogens (tertiary/aromatic N) is 2. The SMILES string of the molecule is COc1cc2c(C)nc(O)c(Cc3cncc(Br)c3)c2cc1OC. The molecule has 2 aromatic heterocycles. The fourth-order valence-electron chi connectivity index (χ4n) is 2.77. The highest BCUT2D eigenvalue weighted by Gasteiger charge is 2.16. The molecule has 2 heterocycles. The van der Waals surface area contributed by atoms with Gasteiger partial charge in [-0.3, -0.25) is 4.98 Å². The number of hydrogen-bond acceptors (Lipinski definition) is 5. The molecule has 24 heavy (non-hydrogen) atoms. The molecule has 124 valence electrons. The third kappa shape index (κ3) is 3.01. The van der Waals surface area contributed by atoms with Gasteiger partial charge in [-0.15, -0.1) is 0 Å². The van der Waals surface area contributed by atoms with Gasteiger partial charge in [0, 0.05) is 39.9 Å². The highest BCUT2D eigenvalue weighted by molar-refractivity contribution is 9.10. The number of benzene rings is 1. The lowest BCUT2D eigenvalue weighted by molar-refractivity contribution is 0.355. The third-order valence-electron chi connectivity index (χ3n) is 3.92. The summed E-state index contributed by atoms with van der Waals surface area (Å²) in [5.74, 6) is 1.27. The Hall–Kier alpha value is -2.34. The van der Waals surface area contributed by atoms with Crippen molar-refractivity contribution in [2.24, 2.45) is 0 Å². The first-order chi connectivity index (χ1) is 11.5. The Kier molecular flexibility index (Phi) is 4.57. The Morgan fingerprint density at radius 2 is 1.71 bits per heavy atom. The summed E-state index contributed by atoms with van der Waals surface area (Å²) >= 11 is 3.42. The van der Waals surface area contributed by atoms with Crippen LogP contribution in [0.1, 0.15) is 16.8 Å². The summed E-state index contributed by atoms with van der Waals surface area (Å²) in [5, 5.41) is 12.2. The second-order valence-corrected chi connectivity index (χ2v) is 6.36. The van der Waals surface area contributed by atoms with Gasteiger partial charge in [0.1, 0.15) is 0 Å². The van der Waals surface area contributed by atoms with Crippen LogP contribution in [0.5, 0.6) is 17.4 Å². The second-order valence-electron chi connectivity index (χ2n) is 5.44. The lowest BCUT2D eigenvalue weighted by atomic mass is 9.99. The van der Waals surface area contributed by atoms with Crippen molar-refractivity contribution < 1.29 is 14.6 Å². The smallest absolute Gasteiger partial charge is 0.215 e. The number of fused-ring (bicyclic) bond motifs is 1. The molecule has 0 fully saturated rings. The molecule has 0 unspecified atom stereocenters. The van der Waals surface area contributed by atoms with E-state index in [1.807, 2.05) is 25.1 Å². The van der Waals surface area contributed by atoms with E-state index in [0.29, 0.717) is 17.9 Å². The van der Waals surface area contributed by atoms with E-state index in [4.69, 9.17) is 9.47 Å². The van der Waals surface area contributed by atoms with Gasteiger partial charge in [0.2, 0.25) is 5.88 Å². The number of aromatic nitrogens is 2. The lowest BCUT2D eigenvalue weighted by Gasteiger charge is -2.14. The molecule has 0 spiro atoms. The third-order valence-corrected chi connectivity index (χ3v) is 4.36. The van der Waals surface area contributed by atoms with Gasteiger partial charge in [-0.2, -0.15) is 0 Å².